The Bertz CT molecular complexity index is 974. The third-order valence-corrected chi connectivity index (χ3v) is 6.38. The van der Waals surface area contributed by atoms with E-state index in [1.807, 2.05) is 0 Å². The molecule has 0 saturated heterocycles. The summed E-state index contributed by atoms with van der Waals surface area (Å²) in [4.78, 5) is 23.3. The molecule has 1 aliphatic carbocycles. The van der Waals surface area contributed by atoms with Crippen molar-refractivity contribution in [2.75, 3.05) is 11.9 Å². The molecule has 3 aromatic rings. The highest BCUT2D eigenvalue weighted by Crippen LogP contribution is 2.40. The number of fused-ring (bicyclic) bond motifs is 1. The summed E-state index contributed by atoms with van der Waals surface area (Å²) < 4.78 is 0. The van der Waals surface area contributed by atoms with Crippen LogP contribution in [0.5, 0.6) is 0 Å². The predicted octanol–water partition coefficient (Wildman–Crippen LogP) is 4.84. The van der Waals surface area contributed by atoms with Crippen molar-refractivity contribution in [3.63, 3.8) is 0 Å². The van der Waals surface area contributed by atoms with E-state index in [0.717, 1.165) is 28.9 Å². The van der Waals surface area contributed by atoms with E-state index in [1.165, 1.54) is 34.4 Å². The van der Waals surface area contributed by atoms with Gasteiger partial charge in [-0.2, -0.15) is 0 Å². The van der Waals surface area contributed by atoms with Crippen molar-refractivity contribution in [3.05, 3.63) is 41.0 Å². The van der Waals surface area contributed by atoms with Crippen LogP contribution in [0.25, 0.3) is 21.3 Å². The normalized spacial score (nSPS) is 14.5. The van der Waals surface area contributed by atoms with Gasteiger partial charge < -0.3 is 10.6 Å². The minimum Gasteiger partial charge on any atom is -0.369 e. The van der Waals surface area contributed by atoms with Gasteiger partial charge in [0.1, 0.15) is 17.0 Å². The lowest BCUT2D eigenvalue weighted by atomic mass is 10.0. The largest absolute Gasteiger partial charge is 0.369 e. The first kappa shape index (κ1) is 18.9. The van der Waals surface area contributed by atoms with Gasteiger partial charge in [0.2, 0.25) is 5.91 Å². The second-order valence-electron chi connectivity index (χ2n) is 7.53. The van der Waals surface area contributed by atoms with Gasteiger partial charge in [0.25, 0.3) is 0 Å². The van der Waals surface area contributed by atoms with Crippen molar-refractivity contribution in [3.8, 4) is 11.1 Å². The number of benzene rings is 1. The maximum atomic E-state index is 12.2. The van der Waals surface area contributed by atoms with Crippen molar-refractivity contribution in [1.82, 2.24) is 15.3 Å². The molecule has 1 fully saturated rings. The van der Waals surface area contributed by atoms with Gasteiger partial charge in [-0.1, -0.05) is 42.7 Å². The Labute approximate surface area is 169 Å². The molecule has 6 heteroatoms. The van der Waals surface area contributed by atoms with E-state index in [2.05, 4.69) is 58.7 Å². The van der Waals surface area contributed by atoms with Crippen molar-refractivity contribution >= 4 is 33.3 Å². The molecule has 1 amide bonds. The van der Waals surface area contributed by atoms with E-state index in [1.54, 1.807) is 17.7 Å². The summed E-state index contributed by atoms with van der Waals surface area (Å²) in [5.41, 5.74) is 3.59. The fourth-order valence-electron chi connectivity index (χ4n) is 3.91. The lowest BCUT2D eigenvalue weighted by Crippen LogP contribution is -2.33. The van der Waals surface area contributed by atoms with Crippen LogP contribution in [0, 0.1) is 13.8 Å². The van der Waals surface area contributed by atoms with Crippen LogP contribution in [0.2, 0.25) is 0 Å². The molecule has 0 atom stereocenters. The van der Waals surface area contributed by atoms with Gasteiger partial charge in [0.05, 0.1) is 5.39 Å². The summed E-state index contributed by atoms with van der Waals surface area (Å²) in [5, 5.41) is 7.56. The molecule has 1 aromatic carbocycles. The molecule has 2 aromatic heterocycles. The summed E-state index contributed by atoms with van der Waals surface area (Å²) in [7, 11) is 0. The van der Waals surface area contributed by atoms with Crippen LogP contribution in [-0.2, 0) is 4.79 Å². The molecule has 0 spiro atoms. The van der Waals surface area contributed by atoms with E-state index in [9.17, 15) is 4.79 Å². The second kappa shape index (κ2) is 8.27. The van der Waals surface area contributed by atoms with Crippen LogP contribution in [0.4, 0.5) is 5.82 Å². The Hall–Kier alpha value is -2.47. The molecule has 5 nitrogen and oxygen atoms in total. The zero-order valence-corrected chi connectivity index (χ0v) is 17.2. The Morgan fingerprint density at radius 1 is 1.14 bits per heavy atom. The molecule has 0 aliphatic heterocycles. The summed E-state index contributed by atoms with van der Waals surface area (Å²) in [6, 6.07) is 8.92. The molecule has 2 N–H and O–H groups in total. The monoisotopic (exact) mass is 394 g/mol. The molecule has 2 heterocycles. The van der Waals surface area contributed by atoms with Crippen LogP contribution in [-0.4, -0.2) is 28.5 Å². The standard InChI is InChI=1S/C22H26N4OS/c1-14-7-9-16(10-8-14)19-15(2)28-22-20(19)21(24-13-25-22)23-12-11-18(27)26-17-5-3-4-6-17/h7-10,13,17H,3-6,11-12H2,1-2H3,(H,26,27)(H,23,24,25). The highest BCUT2D eigenvalue weighted by atomic mass is 32.1. The van der Waals surface area contributed by atoms with Gasteiger partial charge in [0, 0.05) is 29.4 Å². The average molecular weight is 395 g/mol. The molecule has 146 valence electrons. The second-order valence-corrected chi connectivity index (χ2v) is 8.73. The molecule has 0 unspecified atom stereocenters. The number of aromatic nitrogens is 2. The number of rotatable bonds is 6. The van der Waals surface area contributed by atoms with Gasteiger partial charge in [-0.25, -0.2) is 9.97 Å². The van der Waals surface area contributed by atoms with E-state index >= 15 is 0 Å². The van der Waals surface area contributed by atoms with Gasteiger partial charge in [0.15, 0.2) is 0 Å². The minimum absolute atomic E-state index is 0.116. The van der Waals surface area contributed by atoms with Gasteiger partial charge in [-0.15, -0.1) is 11.3 Å². The molecule has 0 bridgehead atoms. The molecule has 4 rings (SSSR count). The smallest absolute Gasteiger partial charge is 0.221 e. The topological polar surface area (TPSA) is 66.9 Å². The Balaban J connectivity index is 1.52. The van der Waals surface area contributed by atoms with E-state index in [4.69, 9.17) is 0 Å². The highest BCUT2D eigenvalue weighted by Gasteiger charge is 2.18. The number of nitrogens with one attached hydrogen (secondary N) is 2. The number of hydrogen-bond donors (Lipinski definition) is 2. The Morgan fingerprint density at radius 3 is 2.64 bits per heavy atom. The van der Waals surface area contributed by atoms with E-state index in [-0.39, 0.29) is 5.91 Å². The number of anilines is 1. The first-order chi connectivity index (χ1) is 13.6. The van der Waals surface area contributed by atoms with Crippen LogP contribution >= 0.6 is 11.3 Å². The van der Waals surface area contributed by atoms with Crippen LogP contribution in [0.15, 0.2) is 30.6 Å². The van der Waals surface area contributed by atoms with Crippen LogP contribution < -0.4 is 10.6 Å². The molecule has 1 aliphatic rings. The maximum Gasteiger partial charge on any atom is 0.221 e. The van der Waals surface area contributed by atoms with Gasteiger partial charge in [-0.05, 0) is 32.3 Å². The number of aryl methyl sites for hydroxylation is 2. The Kier molecular flexibility index (Phi) is 5.57. The molecule has 28 heavy (non-hydrogen) atoms. The summed E-state index contributed by atoms with van der Waals surface area (Å²) in [5.74, 6) is 0.920. The molecule has 0 radical (unpaired) electrons. The third-order valence-electron chi connectivity index (χ3n) is 5.37. The van der Waals surface area contributed by atoms with E-state index in [0.29, 0.717) is 19.0 Å². The minimum atomic E-state index is 0.116. The molecular weight excluding hydrogens is 368 g/mol. The van der Waals surface area contributed by atoms with Crippen molar-refractivity contribution < 1.29 is 4.79 Å². The number of carbonyl (C=O) groups excluding carboxylic acids is 1. The average Bonchev–Trinajstić information content (AvgIpc) is 3.30. The zero-order valence-electron chi connectivity index (χ0n) is 16.4. The predicted molar refractivity (Wildman–Crippen MR) is 116 cm³/mol. The lowest BCUT2D eigenvalue weighted by Gasteiger charge is -2.13. The number of carbonyl (C=O) groups is 1. The van der Waals surface area contributed by atoms with Gasteiger partial charge in [-0.3, -0.25) is 4.79 Å². The number of thiophene rings is 1. The van der Waals surface area contributed by atoms with Crippen molar-refractivity contribution in [1.29, 1.82) is 0 Å². The highest BCUT2D eigenvalue weighted by molar-refractivity contribution is 7.19. The summed E-state index contributed by atoms with van der Waals surface area (Å²) in [6.45, 7) is 4.78. The fraction of sp³-hybridized carbons (Fsp3) is 0.409. The number of nitrogens with zero attached hydrogens (tertiary/aromatic N) is 2. The third kappa shape index (κ3) is 4.02. The first-order valence-corrected chi connectivity index (χ1v) is 10.8. The summed E-state index contributed by atoms with van der Waals surface area (Å²) in [6.07, 6.45) is 6.71. The maximum absolute atomic E-state index is 12.2. The molecule has 1 saturated carbocycles. The van der Waals surface area contributed by atoms with Gasteiger partial charge >= 0.3 is 0 Å². The zero-order chi connectivity index (χ0) is 19.5. The SMILES string of the molecule is Cc1ccc(-c2c(C)sc3ncnc(NCCC(=O)NC4CCCC4)c23)cc1. The van der Waals surface area contributed by atoms with Crippen molar-refractivity contribution in [2.24, 2.45) is 0 Å². The van der Waals surface area contributed by atoms with Crippen LogP contribution in [0.1, 0.15) is 42.5 Å². The van der Waals surface area contributed by atoms with E-state index < -0.39 is 0 Å². The van der Waals surface area contributed by atoms with Crippen molar-refractivity contribution in [2.45, 2.75) is 52.0 Å². The van der Waals surface area contributed by atoms with Crippen LogP contribution in [0.3, 0.4) is 0 Å². The fourth-order valence-corrected chi connectivity index (χ4v) is 4.92. The lowest BCUT2D eigenvalue weighted by molar-refractivity contribution is -0.121. The quantitative estimate of drug-likeness (QED) is 0.628. The number of hydrogen-bond acceptors (Lipinski definition) is 5. The molecular formula is C22H26N4OS. The first-order valence-electron chi connectivity index (χ1n) is 9.96. The number of amides is 1. The summed E-state index contributed by atoms with van der Waals surface area (Å²) >= 11 is 1.68. The Morgan fingerprint density at radius 2 is 1.89 bits per heavy atom.